The van der Waals surface area contributed by atoms with Crippen molar-refractivity contribution in [2.24, 2.45) is 5.73 Å². The molecule has 7 nitrogen and oxygen atoms in total. The molecule has 0 aliphatic carbocycles. The highest BCUT2D eigenvalue weighted by Crippen LogP contribution is 2.33. The van der Waals surface area contributed by atoms with Crippen LogP contribution in [0.15, 0.2) is 55.0 Å². The molecule has 0 aliphatic rings. The van der Waals surface area contributed by atoms with Crippen molar-refractivity contribution >= 4 is 46.5 Å². The van der Waals surface area contributed by atoms with Gasteiger partial charge in [0.15, 0.2) is 0 Å². The predicted octanol–water partition coefficient (Wildman–Crippen LogP) is 5.14. The van der Waals surface area contributed by atoms with Gasteiger partial charge in [0.25, 0.3) is 0 Å². The first-order valence-electron chi connectivity index (χ1n) is 10.5. The third-order valence-corrected chi connectivity index (χ3v) is 6.26. The van der Waals surface area contributed by atoms with Crippen LogP contribution in [-0.4, -0.2) is 38.7 Å². The van der Waals surface area contributed by atoms with Gasteiger partial charge in [-0.3, -0.25) is 4.90 Å². The number of carbonyl (C=O) groups excluding carboxylic acids is 1. The van der Waals surface area contributed by atoms with E-state index >= 15 is 0 Å². The summed E-state index contributed by atoms with van der Waals surface area (Å²) in [6, 6.07) is 13.8. The lowest BCUT2D eigenvalue weighted by atomic mass is 10.0. The van der Waals surface area contributed by atoms with Crippen LogP contribution in [0.25, 0.3) is 0 Å². The summed E-state index contributed by atoms with van der Waals surface area (Å²) in [6.07, 6.45) is 3.37. The molecule has 176 valence electrons. The van der Waals surface area contributed by atoms with Crippen molar-refractivity contribution in [2.75, 3.05) is 13.2 Å². The number of hydrogen-bond donors (Lipinski definition) is 1. The Bertz CT molecular complexity index is 1210. The van der Waals surface area contributed by atoms with Gasteiger partial charge in [-0.25, -0.2) is 9.78 Å². The number of ether oxygens (including phenoxy) is 1. The number of rotatable bonds is 9. The normalized spacial score (nSPS) is 11.5. The van der Waals surface area contributed by atoms with Crippen LogP contribution in [0.3, 0.4) is 0 Å². The summed E-state index contributed by atoms with van der Waals surface area (Å²) in [4.78, 5) is 18.7. The molecule has 0 aliphatic heterocycles. The van der Waals surface area contributed by atoms with Crippen LogP contribution < -0.4 is 5.73 Å². The van der Waals surface area contributed by atoms with Crippen LogP contribution in [0.1, 0.15) is 35.3 Å². The van der Waals surface area contributed by atoms with E-state index < -0.39 is 12.1 Å². The van der Waals surface area contributed by atoms with E-state index in [1.54, 1.807) is 49.8 Å². The quantitative estimate of drug-likeness (QED) is 0.396. The van der Waals surface area contributed by atoms with Crippen molar-refractivity contribution in [3.05, 3.63) is 87.4 Å². The molecule has 1 unspecified atom stereocenters. The zero-order valence-electron chi connectivity index (χ0n) is 18.4. The first kappa shape index (κ1) is 25.5. The van der Waals surface area contributed by atoms with Gasteiger partial charge in [-0.15, -0.1) is 0 Å². The number of benzene rings is 2. The van der Waals surface area contributed by atoms with Crippen molar-refractivity contribution in [2.45, 2.75) is 25.9 Å². The van der Waals surface area contributed by atoms with E-state index in [-0.39, 0.29) is 23.2 Å². The Labute approximate surface area is 213 Å². The van der Waals surface area contributed by atoms with Crippen LogP contribution in [0.4, 0.5) is 4.79 Å². The molecule has 3 aromatic rings. The van der Waals surface area contributed by atoms with Crippen molar-refractivity contribution in [1.29, 1.82) is 5.26 Å². The lowest BCUT2D eigenvalue weighted by Gasteiger charge is -2.31. The zero-order valence-corrected chi connectivity index (χ0v) is 20.8. The van der Waals surface area contributed by atoms with Crippen LogP contribution in [0.5, 0.6) is 0 Å². The van der Waals surface area contributed by atoms with E-state index in [0.717, 1.165) is 11.3 Å². The molecular formula is C24H23Cl2N5O2S. The van der Waals surface area contributed by atoms with Gasteiger partial charge in [0.05, 0.1) is 34.6 Å². The van der Waals surface area contributed by atoms with E-state index in [4.69, 9.17) is 51.2 Å². The SMILES string of the molecule is CCOC(=O)N(CCc1cncn1Cc1ccc(C#N)cc1)C(C(N)=S)c1cccc(Cl)c1Cl. The number of nitrogens with zero attached hydrogens (tertiary/aromatic N) is 4. The summed E-state index contributed by atoms with van der Waals surface area (Å²) in [5, 5.41) is 9.61. The van der Waals surface area contributed by atoms with Gasteiger partial charge in [0.2, 0.25) is 0 Å². The topological polar surface area (TPSA) is 97.2 Å². The first-order valence-corrected chi connectivity index (χ1v) is 11.7. The molecule has 2 N–H and O–H groups in total. The molecule has 0 spiro atoms. The van der Waals surface area contributed by atoms with E-state index in [1.165, 1.54) is 4.90 Å². The highest BCUT2D eigenvalue weighted by atomic mass is 35.5. The van der Waals surface area contributed by atoms with Crippen molar-refractivity contribution in [3.63, 3.8) is 0 Å². The summed E-state index contributed by atoms with van der Waals surface area (Å²) in [7, 11) is 0. The summed E-state index contributed by atoms with van der Waals surface area (Å²) in [6.45, 7) is 2.74. The highest BCUT2D eigenvalue weighted by Gasteiger charge is 2.31. The number of carbonyl (C=O) groups is 1. The number of nitrogens with two attached hydrogens (primary N) is 1. The number of imidazole rings is 1. The third-order valence-electron chi connectivity index (χ3n) is 5.20. The minimum Gasteiger partial charge on any atom is -0.450 e. The van der Waals surface area contributed by atoms with Crippen molar-refractivity contribution in [3.8, 4) is 6.07 Å². The van der Waals surface area contributed by atoms with Crippen LogP contribution in [0.2, 0.25) is 10.0 Å². The Morgan fingerprint density at radius 3 is 2.68 bits per heavy atom. The van der Waals surface area contributed by atoms with Gasteiger partial charge in [0, 0.05) is 37.0 Å². The monoisotopic (exact) mass is 515 g/mol. The van der Waals surface area contributed by atoms with Crippen LogP contribution in [-0.2, 0) is 17.7 Å². The highest BCUT2D eigenvalue weighted by molar-refractivity contribution is 7.80. The van der Waals surface area contributed by atoms with E-state index in [0.29, 0.717) is 29.1 Å². The number of thiocarbonyl (C=S) groups is 1. The van der Waals surface area contributed by atoms with Gasteiger partial charge in [0.1, 0.15) is 11.0 Å². The van der Waals surface area contributed by atoms with E-state index in [1.807, 2.05) is 16.7 Å². The van der Waals surface area contributed by atoms with Gasteiger partial charge in [-0.2, -0.15) is 5.26 Å². The molecule has 1 amide bonds. The van der Waals surface area contributed by atoms with Gasteiger partial charge in [-0.05, 0) is 30.7 Å². The molecular weight excluding hydrogens is 493 g/mol. The molecule has 1 aromatic heterocycles. The Hall–Kier alpha value is -3.12. The number of nitriles is 1. The second-order valence-electron chi connectivity index (χ2n) is 7.41. The van der Waals surface area contributed by atoms with E-state index in [9.17, 15) is 4.79 Å². The zero-order chi connectivity index (χ0) is 24.7. The Morgan fingerprint density at radius 1 is 1.29 bits per heavy atom. The molecule has 0 radical (unpaired) electrons. The maximum Gasteiger partial charge on any atom is 0.410 e. The van der Waals surface area contributed by atoms with Crippen LogP contribution >= 0.6 is 35.4 Å². The fourth-order valence-corrected chi connectivity index (χ4v) is 4.22. The number of aromatic nitrogens is 2. The molecule has 1 heterocycles. The first-order chi connectivity index (χ1) is 16.3. The summed E-state index contributed by atoms with van der Waals surface area (Å²) < 4.78 is 7.27. The molecule has 0 bridgehead atoms. The minimum absolute atomic E-state index is 0.0725. The molecule has 34 heavy (non-hydrogen) atoms. The summed E-state index contributed by atoms with van der Waals surface area (Å²) in [5.74, 6) is 0. The summed E-state index contributed by atoms with van der Waals surface area (Å²) >= 11 is 18.0. The molecule has 0 saturated heterocycles. The fraction of sp³-hybridized carbons (Fsp3) is 0.250. The second-order valence-corrected chi connectivity index (χ2v) is 8.67. The average Bonchev–Trinajstić information content (AvgIpc) is 3.26. The van der Waals surface area contributed by atoms with Crippen molar-refractivity contribution < 1.29 is 9.53 Å². The molecule has 2 aromatic carbocycles. The number of amides is 1. The molecule has 0 saturated carbocycles. The standard InChI is InChI=1S/C24H23Cl2N5O2S/c1-2-33-24(32)31(22(23(28)34)19-4-3-5-20(25)21(19)26)11-10-18-13-29-15-30(18)14-17-8-6-16(12-27)7-9-17/h3-9,13,15,22H,2,10-11,14H2,1H3,(H2,28,34). The van der Waals surface area contributed by atoms with Gasteiger partial charge in [-0.1, -0.05) is 59.7 Å². The minimum atomic E-state index is -0.796. The lowest BCUT2D eigenvalue weighted by molar-refractivity contribution is 0.101. The Kier molecular flexibility index (Phi) is 8.88. The van der Waals surface area contributed by atoms with Gasteiger partial charge < -0.3 is 15.0 Å². The summed E-state index contributed by atoms with van der Waals surface area (Å²) in [5.41, 5.74) is 9.12. The third kappa shape index (κ3) is 6.06. The fourth-order valence-electron chi connectivity index (χ4n) is 3.55. The maximum atomic E-state index is 12.9. The molecule has 3 rings (SSSR count). The predicted molar refractivity (Wildman–Crippen MR) is 136 cm³/mol. The molecule has 0 fully saturated rings. The number of halogens is 2. The lowest BCUT2D eigenvalue weighted by Crippen LogP contribution is -2.42. The maximum absolute atomic E-state index is 12.9. The largest absolute Gasteiger partial charge is 0.450 e. The number of hydrogen-bond acceptors (Lipinski definition) is 5. The smallest absolute Gasteiger partial charge is 0.410 e. The Balaban J connectivity index is 1.85. The van der Waals surface area contributed by atoms with Crippen molar-refractivity contribution in [1.82, 2.24) is 14.5 Å². The molecule has 1 atom stereocenters. The Morgan fingerprint density at radius 2 is 2.03 bits per heavy atom. The van der Waals surface area contributed by atoms with Gasteiger partial charge >= 0.3 is 6.09 Å². The van der Waals surface area contributed by atoms with E-state index in [2.05, 4.69) is 11.1 Å². The molecule has 10 heteroatoms. The second kappa shape index (κ2) is 11.8. The average molecular weight is 516 g/mol. The van der Waals surface area contributed by atoms with Crippen LogP contribution in [0, 0.1) is 11.3 Å².